The first-order chi connectivity index (χ1) is 12.6. The molecule has 0 amide bonds. The molecule has 2 rings (SSSR count). The number of hydrogen-bond acceptors (Lipinski definition) is 0. The molecule has 0 bridgehead atoms. The van der Waals surface area contributed by atoms with Crippen molar-refractivity contribution in [2.24, 2.45) is 0 Å². The summed E-state index contributed by atoms with van der Waals surface area (Å²) in [5, 5.41) is 0. The second-order valence-electron chi connectivity index (χ2n) is 6.91. The summed E-state index contributed by atoms with van der Waals surface area (Å²) in [7, 11) is 0. The van der Waals surface area contributed by atoms with Gasteiger partial charge in [0, 0.05) is 37.7 Å². The fourth-order valence-electron chi connectivity index (χ4n) is 4.31. The molecule has 0 aromatic heterocycles. The molecule has 4 heteroatoms. The zero-order valence-corrected chi connectivity index (χ0v) is 26.4. The summed E-state index contributed by atoms with van der Waals surface area (Å²) in [5.74, 6) is 0. The Hall–Kier alpha value is 1.75. The van der Waals surface area contributed by atoms with E-state index in [4.69, 9.17) is 0 Å². The Labute approximate surface area is 221 Å². The average Bonchev–Trinajstić information content (AvgIpc) is 3.23. The van der Waals surface area contributed by atoms with Gasteiger partial charge in [-0.3, -0.25) is 0 Å². The van der Waals surface area contributed by atoms with E-state index in [1.807, 2.05) is 14.4 Å². The van der Waals surface area contributed by atoms with E-state index >= 15 is 0 Å². The van der Waals surface area contributed by atoms with Crippen molar-refractivity contribution in [3.8, 4) is 0 Å². The van der Waals surface area contributed by atoms with Gasteiger partial charge < -0.3 is 0 Å². The van der Waals surface area contributed by atoms with Crippen LogP contribution in [0.2, 0.25) is 0 Å². The van der Waals surface area contributed by atoms with Crippen molar-refractivity contribution in [2.45, 2.75) is 107 Å². The van der Waals surface area contributed by atoms with E-state index in [0.29, 0.717) is 0 Å². The monoisotopic (exact) mass is 582 g/mol. The van der Waals surface area contributed by atoms with Gasteiger partial charge in [-0.05, 0) is 0 Å². The van der Waals surface area contributed by atoms with Crippen LogP contribution in [0, 0.1) is 0 Å². The van der Waals surface area contributed by atoms with Crippen molar-refractivity contribution in [1.29, 1.82) is 0 Å². The van der Waals surface area contributed by atoms with E-state index in [2.05, 4.69) is 55.4 Å². The normalized spacial score (nSPS) is 16.3. The molecule has 28 heavy (non-hydrogen) atoms. The zero-order chi connectivity index (χ0) is 19.7. The summed E-state index contributed by atoms with van der Waals surface area (Å²) in [6.07, 6.45) is 10.4. The van der Waals surface area contributed by atoms with E-state index in [1.54, 1.807) is 22.3 Å². The maximum atomic E-state index is 2.33. The van der Waals surface area contributed by atoms with E-state index in [9.17, 15) is 0 Å². The van der Waals surface area contributed by atoms with Crippen LogP contribution in [-0.2, 0) is 0 Å². The van der Waals surface area contributed by atoms with Crippen molar-refractivity contribution in [3.05, 3.63) is 36.6 Å². The largest absolute Gasteiger partial charge is 0 e. The fourth-order valence-corrected chi connectivity index (χ4v) is 13.9. The third-order valence-corrected chi connectivity index (χ3v) is 16.5. The van der Waals surface area contributed by atoms with E-state index < -0.39 is 0 Å². The van der Waals surface area contributed by atoms with Gasteiger partial charge >= 0.3 is 186 Å². The second kappa shape index (κ2) is 17.3. The Balaban J connectivity index is 0. The van der Waals surface area contributed by atoms with E-state index in [1.165, 1.54) is 51.4 Å². The molecule has 2 heterocycles. The molecule has 0 saturated carbocycles. The smallest absolute Gasteiger partial charge is 0 e. The first-order valence-corrected chi connectivity index (χ1v) is 16.7. The molecule has 146 valence electrons. The summed E-state index contributed by atoms with van der Waals surface area (Å²) >= 11 is -0.539. The molecule has 0 fully saturated rings. The number of allylic oxidation sites excluding steroid dienone is 8. The van der Waals surface area contributed by atoms with Gasteiger partial charge in [0.15, 0.2) is 0 Å². The Morgan fingerprint density at radius 2 is 0.536 bits per heavy atom. The van der Waals surface area contributed by atoms with Gasteiger partial charge in [-0.2, -0.15) is 0 Å². The molecule has 6 radical (unpaired) electrons. The van der Waals surface area contributed by atoms with Gasteiger partial charge in [0.2, 0.25) is 0 Å². The van der Waals surface area contributed by atoms with Gasteiger partial charge in [0.25, 0.3) is 0 Å². The topological polar surface area (TPSA) is 0 Å². The number of hydrogen-bond donors (Lipinski definition) is 0. The maximum absolute atomic E-state index is 2.33. The first-order valence-electron chi connectivity index (χ1n) is 11.0. The minimum Gasteiger partial charge on any atom is 0 e. The van der Waals surface area contributed by atoms with Gasteiger partial charge in [-0.25, -0.2) is 0 Å². The fraction of sp³-hybridized carbons (Fsp3) is 0.667. The molecule has 2 aliphatic rings. The van der Waals surface area contributed by atoms with Crippen molar-refractivity contribution in [2.75, 3.05) is 0 Å². The number of rotatable bonds is 8. The van der Waals surface area contributed by atoms with E-state index in [-0.39, 0.29) is 80.0 Å². The van der Waals surface area contributed by atoms with Crippen LogP contribution in [0.5, 0.6) is 0 Å². The quantitative estimate of drug-likeness (QED) is 0.273. The molecule has 0 aliphatic carbocycles. The molecule has 0 spiro atoms. The van der Waals surface area contributed by atoms with Crippen LogP contribution in [0.25, 0.3) is 0 Å². The van der Waals surface area contributed by atoms with Crippen LogP contribution in [0.1, 0.15) is 107 Å². The van der Waals surface area contributed by atoms with E-state index in [0.717, 1.165) is 0 Å². The van der Waals surface area contributed by atoms with Crippen LogP contribution < -0.4 is 0 Å². The van der Waals surface area contributed by atoms with Crippen LogP contribution in [-0.4, -0.2) is 80.0 Å². The van der Waals surface area contributed by atoms with Crippen LogP contribution >= 0.6 is 0 Å². The molecular formula is C24H40Li2Sn2. The molecule has 0 saturated heterocycles. The molecule has 2 aliphatic heterocycles. The molecule has 0 N–H and O–H groups in total. The Morgan fingerprint density at radius 3 is 0.643 bits per heavy atom. The Bertz CT molecular complexity index is 504. The van der Waals surface area contributed by atoms with Gasteiger partial charge in [0.1, 0.15) is 0 Å². The SMILES string of the molecule is CC[C]1=C(CC)C(CC)=[C](CC)[Sn]1.CC[C]1=C(CC)C(CC)=[C](CC)[Sn]1.[Li].[Li]. The van der Waals surface area contributed by atoms with Crippen LogP contribution in [0.4, 0.5) is 0 Å². The average molecular weight is 580 g/mol. The molecule has 0 aromatic rings. The van der Waals surface area contributed by atoms with Gasteiger partial charge in [0.05, 0.1) is 0 Å². The summed E-state index contributed by atoms with van der Waals surface area (Å²) < 4.78 is 7.50. The van der Waals surface area contributed by atoms with Gasteiger partial charge in [-0.1, -0.05) is 0 Å². The summed E-state index contributed by atoms with van der Waals surface area (Å²) in [6, 6.07) is 0. The van der Waals surface area contributed by atoms with Crippen molar-refractivity contribution >= 4 is 80.0 Å². The summed E-state index contributed by atoms with van der Waals surface area (Å²) in [6.45, 7) is 18.6. The molecule has 0 aromatic carbocycles. The zero-order valence-electron chi connectivity index (χ0n) is 20.7. The predicted octanol–water partition coefficient (Wildman–Crippen LogP) is 6.94. The third-order valence-electron chi connectivity index (χ3n) is 5.62. The summed E-state index contributed by atoms with van der Waals surface area (Å²) in [4.78, 5) is 0. The maximum Gasteiger partial charge on any atom is 0 e. The minimum absolute atomic E-state index is 0. The Kier molecular flexibility index (Phi) is 19.8. The first kappa shape index (κ1) is 31.9. The molecular weight excluding hydrogens is 540 g/mol. The molecule has 0 nitrogen and oxygen atoms in total. The second-order valence-corrected chi connectivity index (χ2v) is 15.2. The minimum atomic E-state index is -0.269. The standard InChI is InChI=1S/2C12H20.2Li.2Sn/c2*1-5-9-11(7-3)12(8-4)10-6-2;;;;/h2*5-8H2,1-4H3;;;;. The molecule has 0 atom stereocenters. The molecule has 0 unspecified atom stereocenters. The van der Waals surface area contributed by atoms with Crippen molar-refractivity contribution in [3.63, 3.8) is 0 Å². The van der Waals surface area contributed by atoms with Crippen molar-refractivity contribution < 1.29 is 0 Å². The van der Waals surface area contributed by atoms with Crippen LogP contribution in [0.15, 0.2) is 36.6 Å². The third kappa shape index (κ3) is 8.02. The van der Waals surface area contributed by atoms with Crippen LogP contribution in [0.3, 0.4) is 0 Å². The Morgan fingerprint density at radius 1 is 0.357 bits per heavy atom. The van der Waals surface area contributed by atoms with Crippen molar-refractivity contribution in [1.82, 2.24) is 0 Å². The summed E-state index contributed by atoms with van der Waals surface area (Å²) in [5.41, 5.74) is 7.03. The van der Waals surface area contributed by atoms with Gasteiger partial charge in [-0.15, -0.1) is 0 Å². The predicted molar refractivity (Wildman–Crippen MR) is 133 cm³/mol.